The van der Waals surface area contributed by atoms with Crippen molar-refractivity contribution in [3.05, 3.63) is 29.3 Å². The van der Waals surface area contributed by atoms with Crippen molar-refractivity contribution in [1.29, 1.82) is 0 Å². The van der Waals surface area contributed by atoms with Gasteiger partial charge in [-0.2, -0.15) is 0 Å². The predicted octanol–water partition coefficient (Wildman–Crippen LogP) is 3.13. The Morgan fingerprint density at radius 3 is 2.26 bits per heavy atom. The highest BCUT2D eigenvalue weighted by Crippen LogP contribution is 2.18. The number of aliphatic carboxylic acids is 1. The highest BCUT2D eigenvalue weighted by molar-refractivity contribution is 5.94. The van der Waals surface area contributed by atoms with E-state index in [0.29, 0.717) is 6.42 Å². The van der Waals surface area contributed by atoms with Gasteiger partial charge in [-0.05, 0) is 43.5 Å². The lowest BCUT2D eigenvalue weighted by Crippen LogP contribution is -2.25. The molecule has 2 N–H and O–H groups in total. The summed E-state index contributed by atoms with van der Waals surface area (Å²) in [7, 11) is 0. The first kappa shape index (κ1) is 15.2. The molecule has 1 aromatic carbocycles. The maximum atomic E-state index is 12.1. The van der Waals surface area contributed by atoms with E-state index in [4.69, 9.17) is 5.11 Å². The van der Waals surface area contributed by atoms with Gasteiger partial charge in [0, 0.05) is 11.6 Å². The van der Waals surface area contributed by atoms with Crippen molar-refractivity contribution in [2.75, 3.05) is 5.32 Å². The molecule has 19 heavy (non-hydrogen) atoms. The molecule has 0 radical (unpaired) electrons. The molecule has 0 bridgehead atoms. The number of hydrogen-bond acceptors (Lipinski definition) is 2. The summed E-state index contributed by atoms with van der Waals surface area (Å²) < 4.78 is 0. The topological polar surface area (TPSA) is 66.4 Å². The fourth-order valence-corrected chi connectivity index (χ4v) is 2.18. The number of aryl methyl sites for hydroxylation is 2. The van der Waals surface area contributed by atoms with E-state index in [1.807, 2.05) is 39.0 Å². The van der Waals surface area contributed by atoms with Crippen molar-refractivity contribution < 1.29 is 14.7 Å². The van der Waals surface area contributed by atoms with Gasteiger partial charge in [-0.15, -0.1) is 0 Å². The van der Waals surface area contributed by atoms with E-state index in [1.54, 1.807) is 0 Å². The number of carbonyl (C=O) groups excluding carboxylic acids is 1. The molecule has 0 aliphatic carbocycles. The van der Waals surface area contributed by atoms with E-state index in [2.05, 4.69) is 5.32 Å². The van der Waals surface area contributed by atoms with Gasteiger partial charge in [0.25, 0.3) is 0 Å². The molecule has 4 nitrogen and oxygen atoms in total. The van der Waals surface area contributed by atoms with Crippen molar-refractivity contribution in [2.45, 2.75) is 40.0 Å². The van der Waals surface area contributed by atoms with E-state index >= 15 is 0 Å². The predicted molar refractivity (Wildman–Crippen MR) is 75.2 cm³/mol. The monoisotopic (exact) mass is 263 g/mol. The van der Waals surface area contributed by atoms with Crippen LogP contribution in [0, 0.1) is 19.8 Å². The van der Waals surface area contributed by atoms with Crippen molar-refractivity contribution in [2.24, 2.45) is 5.92 Å². The molecule has 1 amide bonds. The average Bonchev–Trinajstić information content (AvgIpc) is 2.26. The lowest BCUT2D eigenvalue weighted by Gasteiger charge is -2.14. The number of carbonyl (C=O) groups is 2. The van der Waals surface area contributed by atoms with Crippen LogP contribution >= 0.6 is 0 Å². The summed E-state index contributed by atoms with van der Waals surface area (Å²) in [6.07, 6.45) is 1.26. The lowest BCUT2D eigenvalue weighted by molar-refractivity contribution is -0.140. The molecule has 1 rings (SSSR count). The minimum atomic E-state index is -0.936. The fraction of sp³-hybridized carbons (Fsp3) is 0.467. The van der Waals surface area contributed by atoms with E-state index < -0.39 is 11.9 Å². The van der Waals surface area contributed by atoms with Crippen LogP contribution in [0.25, 0.3) is 0 Å². The van der Waals surface area contributed by atoms with Crippen LogP contribution in [-0.4, -0.2) is 17.0 Å². The normalized spacial score (nSPS) is 11.9. The molecule has 0 saturated carbocycles. The first-order chi connectivity index (χ1) is 8.92. The Bertz CT molecular complexity index is 448. The molecule has 104 valence electrons. The summed E-state index contributed by atoms with van der Waals surface area (Å²) in [5.41, 5.74) is 2.87. The number of anilines is 1. The van der Waals surface area contributed by atoms with Crippen molar-refractivity contribution in [3.63, 3.8) is 0 Å². The number of carboxylic acids is 1. The highest BCUT2D eigenvalue weighted by atomic mass is 16.4. The third kappa shape index (κ3) is 5.12. The molecule has 1 unspecified atom stereocenters. The quantitative estimate of drug-likeness (QED) is 0.828. The molecule has 0 aromatic heterocycles. The summed E-state index contributed by atoms with van der Waals surface area (Å²) in [4.78, 5) is 22.9. The van der Waals surface area contributed by atoms with Crippen LogP contribution in [0.1, 0.15) is 37.3 Å². The third-order valence-corrected chi connectivity index (χ3v) is 2.92. The largest absolute Gasteiger partial charge is 0.481 e. The van der Waals surface area contributed by atoms with Gasteiger partial charge in [0.2, 0.25) is 5.91 Å². The second kappa shape index (κ2) is 6.92. The van der Waals surface area contributed by atoms with Gasteiger partial charge >= 0.3 is 5.97 Å². The summed E-state index contributed by atoms with van der Waals surface area (Å²) in [5, 5.41) is 11.6. The average molecular weight is 263 g/mol. The van der Waals surface area contributed by atoms with Gasteiger partial charge in [0.05, 0.1) is 6.42 Å². The molecular formula is C15H21NO3. The van der Waals surface area contributed by atoms with Gasteiger partial charge < -0.3 is 10.4 Å². The smallest absolute Gasteiger partial charge is 0.304 e. The second-order valence-corrected chi connectivity index (χ2v) is 4.95. The fourth-order valence-electron chi connectivity index (χ4n) is 2.18. The number of nitrogens with one attached hydrogen (secondary N) is 1. The van der Waals surface area contributed by atoms with Crippen LogP contribution in [0.3, 0.4) is 0 Å². The Morgan fingerprint density at radius 1 is 1.21 bits per heavy atom. The van der Waals surface area contributed by atoms with Gasteiger partial charge in [0.15, 0.2) is 0 Å². The summed E-state index contributed by atoms with van der Waals surface area (Å²) in [6.45, 7) is 5.87. The minimum absolute atomic E-state index is 0.121. The van der Waals surface area contributed by atoms with Gasteiger partial charge in [-0.1, -0.05) is 19.4 Å². The molecule has 4 heteroatoms. The van der Waals surface area contributed by atoms with Crippen LogP contribution in [0.15, 0.2) is 18.2 Å². The van der Waals surface area contributed by atoms with Crippen LogP contribution in [0.2, 0.25) is 0 Å². The number of rotatable bonds is 6. The summed E-state index contributed by atoms with van der Waals surface area (Å²) in [6, 6.07) is 5.79. The molecule has 0 saturated heterocycles. The van der Waals surface area contributed by atoms with Crippen molar-refractivity contribution in [3.8, 4) is 0 Å². The van der Waals surface area contributed by atoms with E-state index in [0.717, 1.165) is 23.2 Å². The maximum absolute atomic E-state index is 12.1. The minimum Gasteiger partial charge on any atom is -0.481 e. The standard InChI is InChI=1S/C15H21NO3/c1-4-5-12(9-14(17)18)15(19)16-13-7-10(2)6-11(3)8-13/h6-8,12H,4-5,9H2,1-3H3,(H,16,19)(H,17,18). The summed E-state index contributed by atoms with van der Waals surface area (Å²) >= 11 is 0. The van der Waals surface area contributed by atoms with Crippen molar-refractivity contribution in [1.82, 2.24) is 0 Å². The van der Waals surface area contributed by atoms with Crippen LogP contribution < -0.4 is 5.32 Å². The number of hydrogen-bond donors (Lipinski definition) is 2. The molecule has 0 aliphatic heterocycles. The zero-order valence-electron chi connectivity index (χ0n) is 11.7. The number of benzene rings is 1. The van der Waals surface area contributed by atoms with Crippen molar-refractivity contribution >= 4 is 17.6 Å². The highest BCUT2D eigenvalue weighted by Gasteiger charge is 2.20. The third-order valence-electron chi connectivity index (χ3n) is 2.92. The zero-order chi connectivity index (χ0) is 14.4. The molecule has 0 heterocycles. The van der Waals surface area contributed by atoms with E-state index in [-0.39, 0.29) is 12.3 Å². The molecule has 0 spiro atoms. The Kier molecular flexibility index (Phi) is 5.55. The molecule has 0 fully saturated rings. The van der Waals surface area contributed by atoms with Crippen LogP contribution in [0.5, 0.6) is 0 Å². The Morgan fingerprint density at radius 2 is 1.79 bits per heavy atom. The first-order valence-corrected chi connectivity index (χ1v) is 6.53. The Labute approximate surface area is 113 Å². The first-order valence-electron chi connectivity index (χ1n) is 6.53. The maximum Gasteiger partial charge on any atom is 0.304 e. The Hall–Kier alpha value is -1.84. The van der Waals surface area contributed by atoms with Gasteiger partial charge in [0.1, 0.15) is 0 Å². The molecule has 1 aromatic rings. The van der Waals surface area contributed by atoms with Crippen LogP contribution in [-0.2, 0) is 9.59 Å². The van der Waals surface area contributed by atoms with E-state index in [1.165, 1.54) is 0 Å². The van der Waals surface area contributed by atoms with Gasteiger partial charge in [-0.25, -0.2) is 0 Å². The van der Waals surface area contributed by atoms with Gasteiger partial charge in [-0.3, -0.25) is 9.59 Å². The second-order valence-electron chi connectivity index (χ2n) is 4.95. The molecule has 0 aliphatic rings. The molecular weight excluding hydrogens is 242 g/mol. The SMILES string of the molecule is CCCC(CC(=O)O)C(=O)Nc1cc(C)cc(C)c1. The number of amides is 1. The van der Waals surface area contributed by atoms with Crippen LogP contribution in [0.4, 0.5) is 5.69 Å². The zero-order valence-corrected chi connectivity index (χ0v) is 11.7. The lowest BCUT2D eigenvalue weighted by atomic mass is 9.98. The van der Waals surface area contributed by atoms with E-state index in [9.17, 15) is 9.59 Å². The summed E-state index contributed by atoms with van der Waals surface area (Å²) in [5.74, 6) is -1.62. The molecule has 1 atom stereocenters. The Balaban J connectivity index is 2.77. The number of carboxylic acid groups (broad SMARTS) is 1.